The van der Waals surface area contributed by atoms with Crippen molar-refractivity contribution in [1.29, 1.82) is 0 Å². The average Bonchev–Trinajstić information content (AvgIpc) is 2.62. The first kappa shape index (κ1) is 21.6. The average molecular weight is 380 g/mol. The van der Waals surface area contributed by atoms with Crippen LogP contribution in [-0.2, 0) is 11.2 Å². The molecule has 7 heteroatoms. The number of hydrogen-bond donors (Lipinski definition) is 3. The molecule has 0 bridgehead atoms. The highest BCUT2D eigenvalue weighted by atomic mass is 35.5. The molecule has 2 amide bonds. The molecule has 140 valence electrons. The lowest BCUT2D eigenvalue weighted by molar-refractivity contribution is -0.122. The van der Waals surface area contributed by atoms with E-state index in [1.165, 1.54) is 24.3 Å². The van der Waals surface area contributed by atoms with E-state index in [1.807, 2.05) is 30.3 Å². The van der Waals surface area contributed by atoms with Crippen LogP contribution in [0.25, 0.3) is 0 Å². The third kappa shape index (κ3) is 7.21. The SMILES string of the molecule is Cl.N[C@@H](Cc1ccccc1)C(=O)NCCCNC(=O)c1ccc(F)cc1. The fraction of sp³-hybridized carbons (Fsp3) is 0.263. The van der Waals surface area contributed by atoms with Gasteiger partial charge in [0.1, 0.15) is 5.82 Å². The quantitative estimate of drug-likeness (QED) is 0.614. The van der Waals surface area contributed by atoms with Crippen molar-refractivity contribution < 1.29 is 14.0 Å². The minimum absolute atomic E-state index is 0. The highest BCUT2D eigenvalue weighted by Crippen LogP contribution is 2.03. The van der Waals surface area contributed by atoms with Gasteiger partial charge in [-0.3, -0.25) is 9.59 Å². The molecule has 0 radical (unpaired) electrons. The first-order chi connectivity index (χ1) is 12.1. The summed E-state index contributed by atoms with van der Waals surface area (Å²) in [6, 6.07) is 14.3. The molecular formula is C19H23ClFN3O2. The number of carbonyl (C=O) groups excluding carboxylic acids is 2. The maximum Gasteiger partial charge on any atom is 0.251 e. The van der Waals surface area contributed by atoms with Crippen LogP contribution >= 0.6 is 12.4 Å². The molecule has 0 spiro atoms. The van der Waals surface area contributed by atoms with Crippen molar-refractivity contribution in [2.24, 2.45) is 5.73 Å². The van der Waals surface area contributed by atoms with E-state index in [-0.39, 0.29) is 30.0 Å². The second-order valence-corrected chi connectivity index (χ2v) is 5.70. The van der Waals surface area contributed by atoms with Crippen LogP contribution in [0.5, 0.6) is 0 Å². The smallest absolute Gasteiger partial charge is 0.251 e. The normalized spacial score (nSPS) is 11.2. The summed E-state index contributed by atoms with van der Waals surface area (Å²) in [4.78, 5) is 23.8. The zero-order valence-electron chi connectivity index (χ0n) is 14.3. The van der Waals surface area contributed by atoms with Crippen molar-refractivity contribution >= 4 is 24.2 Å². The van der Waals surface area contributed by atoms with Gasteiger partial charge in [0.05, 0.1) is 6.04 Å². The second kappa shape index (κ2) is 11.2. The van der Waals surface area contributed by atoms with Gasteiger partial charge in [0.2, 0.25) is 5.91 Å². The molecule has 2 rings (SSSR count). The molecule has 26 heavy (non-hydrogen) atoms. The molecule has 0 aliphatic rings. The maximum absolute atomic E-state index is 12.8. The van der Waals surface area contributed by atoms with Gasteiger partial charge < -0.3 is 16.4 Å². The van der Waals surface area contributed by atoms with Crippen LogP contribution in [-0.4, -0.2) is 30.9 Å². The number of benzene rings is 2. The van der Waals surface area contributed by atoms with Crippen LogP contribution in [0.2, 0.25) is 0 Å². The second-order valence-electron chi connectivity index (χ2n) is 5.70. The lowest BCUT2D eigenvalue weighted by Crippen LogP contribution is -2.42. The molecule has 0 saturated carbocycles. The van der Waals surface area contributed by atoms with Crippen LogP contribution in [0, 0.1) is 5.82 Å². The lowest BCUT2D eigenvalue weighted by Gasteiger charge is -2.12. The largest absolute Gasteiger partial charge is 0.355 e. The molecule has 0 aliphatic carbocycles. The molecule has 0 saturated heterocycles. The summed E-state index contributed by atoms with van der Waals surface area (Å²) in [5.41, 5.74) is 7.30. The zero-order chi connectivity index (χ0) is 18.1. The van der Waals surface area contributed by atoms with E-state index in [0.717, 1.165) is 5.56 Å². The number of halogens is 2. The molecule has 0 fully saturated rings. The fourth-order valence-electron chi connectivity index (χ4n) is 2.30. The van der Waals surface area contributed by atoms with E-state index in [9.17, 15) is 14.0 Å². The third-order valence-electron chi connectivity index (χ3n) is 3.68. The third-order valence-corrected chi connectivity index (χ3v) is 3.68. The summed E-state index contributed by atoms with van der Waals surface area (Å²) in [6.07, 6.45) is 1.06. The van der Waals surface area contributed by atoms with E-state index in [0.29, 0.717) is 31.5 Å². The topological polar surface area (TPSA) is 84.2 Å². The Morgan fingerprint density at radius 1 is 0.962 bits per heavy atom. The summed E-state index contributed by atoms with van der Waals surface area (Å²) in [5, 5.41) is 5.48. The maximum atomic E-state index is 12.8. The number of rotatable bonds is 8. The van der Waals surface area contributed by atoms with Gasteiger partial charge in [0.15, 0.2) is 0 Å². The van der Waals surface area contributed by atoms with E-state index in [1.54, 1.807) is 0 Å². The fourth-order valence-corrected chi connectivity index (χ4v) is 2.30. The van der Waals surface area contributed by atoms with Crippen molar-refractivity contribution in [1.82, 2.24) is 10.6 Å². The van der Waals surface area contributed by atoms with E-state index in [2.05, 4.69) is 10.6 Å². The van der Waals surface area contributed by atoms with E-state index >= 15 is 0 Å². The first-order valence-electron chi connectivity index (χ1n) is 8.17. The predicted molar refractivity (Wildman–Crippen MR) is 102 cm³/mol. The van der Waals surface area contributed by atoms with Crippen molar-refractivity contribution in [3.05, 3.63) is 71.5 Å². The molecule has 4 N–H and O–H groups in total. The Kier molecular flexibility index (Phi) is 9.33. The van der Waals surface area contributed by atoms with Gasteiger partial charge in [-0.05, 0) is 42.7 Å². The number of amides is 2. The number of hydrogen-bond acceptors (Lipinski definition) is 3. The molecule has 1 atom stereocenters. The van der Waals surface area contributed by atoms with Crippen LogP contribution in [0.15, 0.2) is 54.6 Å². The molecule has 0 heterocycles. The highest BCUT2D eigenvalue weighted by molar-refractivity contribution is 5.94. The number of nitrogens with one attached hydrogen (secondary N) is 2. The van der Waals surface area contributed by atoms with Crippen molar-refractivity contribution in [2.45, 2.75) is 18.9 Å². The Bertz CT molecular complexity index is 696. The molecule has 0 aliphatic heterocycles. The van der Waals surface area contributed by atoms with E-state index in [4.69, 9.17) is 5.73 Å². The summed E-state index contributed by atoms with van der Waals surface area (Å²) in [5.74, 6) is -0.869. The van der Waals surface area contributed by atoms with Gasteiger partial charge in [-0.2, -0.15) is 0 Å². The highest BCUT2D eigenvalue weighted by Gasteiger charge is 2.13. The number of carbonyl (C=O) groups is 2. The van der Waals surface area contributed by atoms with Gasteiger partial charge in [-0.1, -0.05) is 30.3 Å². The van der Waals surface area contributed by atoms with Crippen LogP contribution in [0.4, 0.5) is 4.39 Å². The van der Waals surface area contributed by atoms with Crippen LogP contribution in [0.3, 0.4) is 0 Å². The molecule has 5 nitrogen and oxygen atoms in total. The molecule has 0 aromatic heterocycles. The number of nitrogens with two attached hydrogens (primary N) is 1. The Morgan fingerprint density at radius 3 is 2.23 bits per heavy atom. The van der Waals surface area contributed by atoms with Crippen molar-refractivity contribution in [3.63, 3.8) is 0 Å². The molecule has 0 unspecified atom stereocenters. The molecular weight excluding hydrogens is 357 g/mol. The van der Waals surface area contributed by atoms with Gasteiger partial charge in [-0.25, -0.2) is 4.39 Å². The van der Waals surface area contributed by atoms with Gasteiger partial charge in [0.25, 0.3) is 5.91 Å². The first-order valence-corrected chi connectivity index (χ1v) is 8.17. The standard InChI is InChI=1S/C19H22FN3O2.ClH/c20-16-9-7-15(8-10-16)18(24)22-11-4-12-23-19(25)17(21)13-14-5-2-1-3-6-14;/h1-3,5-10,17H,4,11-13,21H2,(H,22,24)(H,23,25);1H/t17-;/m0./s1. The summed E-state index contributed by atoms with van der Waals surface area (Å²) >= 11 is 0. The Hall–Kier alpha value is -2.44. The lowest BCUT2D eigenvalue weighted by atomic mass is 10.1. The predicted octanol–water partition coefficient (Wildman–Crippen LogP) is 2.05. The minimum atomic E-state index is -0.601. The van der Waals surface area contributed by atoms with E-state index < -0.39 is 6.04 Å². The molecule has 2 aromatic rings. The summed E-state index contributed by atoms with van der Waals surface area (Å²) in [7, 11) is 0. The summed E-state index contributed by atoms with van der Waals surface area (Å²) < 4.78 is 12.8. The van der Waals surface area contributed by atoms with Crippen molar-refractivity contribution in [3.8, 4) is 0 Å². The Balaban J connectivity index is 0.00000338. The monoisotopic (exact) mass is 379 g/mol. The zero-order valence-corrected chi connectivity index (χ0v) is 15.1. The van der Waals surface area contributed by atoms with Crippen LogP contribution < -0.4 is 16.4 Å². The Labute approximate surface area is 158 Å². The molecule has 2 aromatic carbocycles. The van der Waals surface area contributed by atoms with Gasteiger partial charge in [0, 0.05) is 18.7 Å². The minimum Gasteiger partial charge on any atom is -0.355 e. The Morgan fingerprint density at radius 2 is 1.58 bits per heavy atom. The van der Waals surface area contributed by atoms with Crippen LogP contribution in [0.1, 0.15) is 22.3 Å². The van der Waals surface area contributed by atoms with Crippen molar-refractivity contribution in [2.75, 3.05) is 13.1 Å². The van der Waals surface area contributed by atoms with Gasteiger partial charge in [-0.15, -0.1) is 12.4 Å². The summed E-state index contributed by atoms with van der Waals surface area (Å²) in [6.45, 7) is 0.829. The van der Waals surface area contributed by atoms with Gasteiger partial charge >= 0.3 is 0 Å².